The molecule has 1 aromatic rings. The number of likely N-dealkylation sites (N-methyl/N-ethyl adjacent to an activating group) is 1. The van der Waals surface area contributed by atoms with E-state index in [0.717, 1.165) is 28.8 Å². The molecule has 0 aromatic heterocycles. The third kappa shape index (κ3) is 4.76. The number of halogens is 1. The third-order valence-corrected chi connectivity index (χ3v) is 3.73. The van der Waals surface area contributed by atoms with Crippen LogP contribution in [0.25, 0.3) is 0 Å². The highest BCUT2D eigenvalue weighted by Crippen LogP contribution is 2.24. The number of nitrogens with one attached hydrogen (secondary N) is 1. The molecule has 1 rings (SSSR count). The van der Waals surface area contributed by atoms with Crippen LogP contribution in [0.3, 0.4) is 0 Å². The zero-order valence-corrected chi connectivity index (χ0v) is 13.5. The summed E-state index contributed by atoms with van der Waals surface area (Å²) in [6, 6.07) is 6.03. The molecule has 4 nitrogen and oxygen atoms in total. The van der Waals surface area contributed by atoms with Gasteiger partial charge in [0.2, 0.25) is 0 Å². The normalized spacial score (nSPS) is 12.7. The van der Waals surface area contributed by atoms with Gasteiger partial charge in [-0.15, -0.1) is 0 Å². The molecule has 0 aliphatic rings. The summed E-state index contributed by atoms with van der Waals surface area (Å²) in [5.41, 5.74) is 1.16. The predicted octanol–water partition coefficient (Wildman–Crippen LogP) is 2.60. The molecule has 0 fully saturated rings. The van der Waals surface area contributed by atoms with E-state index < -0.39 is 0 Å². The SMILES string of the molecule is CCNC(Cc1cc(OC)ccc1Br)C(OC)OC. The third-order valence-electron chi connectivity index (χ3n) is 2.95. The quantitative estimate of drug-likeness (QED) is 0.743. The van der Waals surface area contributed by atoms with Crippen LogP contribution in [0.2, 0.25) is 0 Å². The Morgan fingerprint density at radius 1 is 1.21 bits per heavy atom. The lowest BCUT2D eigenvalue weighted by Crippen LogP contribution is -2.43. The Balaban J connectivity index is 2.88. The second-order valence-corrected chi connectivity index (χ2v) is 5.02. The Morgan fingerprint density at radius 2 is 1.89 bits per heavy atom. The minimum atomic E-state index is -0.280. The van der Waals surface area contributed by atoms with Crippen molar-refractivity contribution in [1.82, 2.24) is 5.32 Å². The Bertz CT molecular complexity index is 383. The fraction of sp³-hybridized carbons (Fsp3) is 0.571. The van der Waals surface area contributed by atoms with Crippen molar-refractivity contribution in [2.75, 3.05) is 27.9 Å². The van der Waals surface area contributed by atoms with E-state index in [1.165, 1.54) is 0 Å². The summed E-state index contributed by atoms with van der Waals surface area (Å²) in [6.07, 6.45) is 0.510. The van der Waals surface area contributed by atoms with Gasteiger partial charge in [0, 0.05) is 18.7 Å². The van der Waals surface area contributed by atoms with Gasteiger partial charge < -0.3 is 19.5 Å². The average Bonchev–Trinajstić information content (AvgIpc) is 2.42. The van der Waals surface area contributed by atoms with E-state index in [-0.39, 0.29) is 12.3 Å². The summed E-state index contributed by atoms with van der Waals surface area (Å²) < 4.78 is 17.0. The van der Waals surface area contributed by atoms with E-state index in [1.54, 1.807) is 21.3 Å². The number of hydrogen-bond donors (Lipinski definition) is 1. The van der Waals surface area contributed by atoms with Crippen molar-refractivity contribution < 1.29 is 14.2 Å². The van der Waals surface area contributed by atoms with Crippen LogP contribution in [-0.2, 0) is 15.9 Å². The molecule has 1 unspecified atom stereocenters. The molecule has 0 bridgehead atoms. The van der Waals surface area contributed by atoms with Gasteiger partial charge in [-0.3, -0.25) is 0 Å². The van der Waals surface area contributed by atoms with E-state index >= 15 is 0 Å². The molecule has 0 spiro atoms. The van der Waals surface area contributed by atoms with Gasteiger partial charge in [-0.25, -0.2) is 0 Å². The van der Waals surface area contributed by atoms with Gasteiger partial charge in [0.15, 0.2) is 6.29 Å². The molecular formula is C14H22BrNO3. The largest absolute Gasteiger partial charge is 0.497 e. The predicted molar refractivity (Wildman–Crippen MR) is 79.7 cm³/mol. The molecule has 0 aliphatic carbocycles. The van der Waals surface area contributed by atoms with E-state index in [0.29, 0.717) is 0 Å². The van der Waals surface area contributed by atoms with Crippen LogP contribution >= 0.6 is 15.9 Å². The Labute approximate surface area is 123 Å². The molecule has 1 aromatic carbocycles. The Hall–Kier alpha value is -0.620. The van der Waals surface area contributed by atoms with Crippen molar-refractivity contribution in [3.05, 3.63) is 28.2 Å². The molecule has 5 heteroatoms. The van der Waals surface area contributed by atoms with E-state index in [9.17, 15) is 0 Å². The Kier molecular flexibility index (Phi) is 7.38. The first-order valence-corrected chi connectivity index (χ1v) is 7.06. The molecule has 108 valence electrons. The molecule has 0 aliphatic heterocycles. The summed E-state index contributed by atoms with van der Waals surface area (Å²) in [5, 5.41) is 3.39. The van der Waals surface area contributed by atoms with Crippen LogP contribution in [0.5, 0.6) is 5.75 Å². The van der Waals surface area contributed by atoms with Crippen LogP contribution in [0, 0.1) is 0 Å². The fourth-order valence-corrected chi connectivity index (χ4v) is 2.43. The molecular weight excluding hydrogens is 310 g/mol. The van der Waals surface area contributed by atoms with E-state index in [1.807, 2.05) is 18.2 Å². The van der Waals surface area contributed by atoms with Crippen LogP contribution < -0.4 is 10.1 Å². The van der Waals surface area contributed by atoms with Gasteiger partial charge >= 0.3 is 0 Å². The highest BCUT2D eigenvalue weighted by Gasteiger charge is 2.21. The molecule has 0 radical (unpaired) electrons. The van der Waals surface area contributed by atoms with Gasteiger partial charge in [-0.2, -0.15) is 0 Å². The monoisotopic (exact) mass is 331 g/mol. The summed E-state index contributed by atoms with van der Waals surface area (Å²) >= 11 is 3.57. The van der Waals surface area contributed by atoms with Crippen LogP contribution in [-0.4, -0.2) is 40.2 Å². The number of rotatable bonds is 8. The van der Waals surface area contributed by atoms with Crippen molar-refractivity contribution in [3.63, 3.8) is 0 Å². The lowest BCUT2D eigenvalue weighted by atomic mass is 10.0. The first kappa shape index (κ1) is 16.4. The Morgan fingerprint density at radius 3 is 2.42 bits per heavy atom. The average molecular weight is 332 g/mol. The summed E-state index contributed by atoms with van der Waals surface area (Å²) in [7, 11) is 4.97. The summed E-state index contributed by atoms with van der Waals surface area (Å²) in [6.45, 7) is 2.92. The zero-order valence-electron chi connectivity index (χ0n) is 11.9. The molecule has 0 saturated heterocycles. The zero-order chi connectivity index (χ0) is 14.3. The van der Waals surface area contributed by atoms with Crippen molar-refractivity contribution in [2.24, 2.45) is 0 Å². The highest BCUT2D eigenvalue weighted by molar-refractivity contribution is 9.10. The molecule has 0 heterocycles. The van der Waals surface area contributed by atoms with Crippen molar-refractivity contribution in [2.45, 2.75) is 25.7 Å². The smallest absolute Gasteiger partial charge is 0.172 e. The second kappa shape index (κ2) is 8.53. The molecule has 1 atom stereocenters. The fourth-order valence-electron chi connectivity index (χ4n) is 2.02. The lowest BCUT2D eigenvalue weighted by molar-refractivity contribution is -0.122. The van der Waals surface area contributed by atoms with Gasteiger partial charge in [-0.05, 0) is 36.7 Å². The topological polar surface area (TPSA) is 39.7 Å². The van der Waals surface area contributed by atoms with Crippen LogP contribution in [0.15, 0.2) is 22.7 Å². The van der Waals surface area contributed by atoms with Crippen molar-refractivity contribution in [3.8, 4) is 5.75 Å². The van der Waals surface area contributed by atoms with Crippen LogP contribution in [0.4, 0.5) is 0 Å². The van der Waals surface area contributed by atoms with Gasteiger partial charge in [0.05, 0.1) is 13.2 Å². The highest BCUT2D eigenvalue weighted by atomic mass is 79.9. The van der Waals surface area contributed by atoms with E-state index in [4.69, 9.17) is 14.2 Å². The lowest BCUT2D eigenvalue weighted by Gasteiger charge is -2.26. The number of hydrogen-bond acceptors (Lipinski definition) is 4. The number of methoxy groups -OCH3 is 3. The minimum absolute atomic E-state index is 0.0865. The van der Waals surface area contributed by atoms with Gasteiger partial charge in [0.25, 0.3) is 0 Å². The first-order valence-electron chi connectivity index (χ1n) is 6.27. The van der Waals surface area contributed by atoms with Gasteiger partial charge in [-0.1, -0.05) is 22.9 Å². The molecule has 1 N–H and O–H groups in total. The van der Waals surface area contributed by atoms with Gasteiger partial charge in [0.1, 0.15) is 5.75 Å². The summed E-state index contributed by atoms with van der Waals surface area (Å²) in [4.78, 5) is 0. The summed E-state index contributed by atoms with van der Waals surface area (Å²) in [5.74, 6) is 0.847. The van der Waals surface area contributed by atoms with Crippen LogP contribution in [0.1, 0.15) is 12.5 Å². The molecule has 0 amide bonds. The number of ether oxygens (including phenoxy) is 3. The second-order valence-electron chi connectivity index (χ2n) is 4.17. The van der Waals surface area contributed by atoms with E-state index in [2.05, 4.69) is 28.2 Å². The maximum Gasteiger partial charge on any atom is 0.172 e. The first-order chi connectivity index (χ1) is 9.15. The minimum Gasteiger partial charge on any atom is -0.497 e. The standard InChI is InChI=1S/C14H22BrNO3/c1-5-16-13(14(18-3)19-4)9-10-8-11(17-2)6-7-12(10)15/h6-8,13-14,16H,5,9H2,1-4H3. The number of benzene rings is 1. The molecule has 19 heavy (non-hydrogen) atoms. The maximum absolute atomic E-state index is 5.35. The maximum atomic E-state index is 5.35. The molecule has 0 saturated carbocycles. The van der Waals surface area contributed by atoms with Crippen molar-refractivity contribution >= 4 is 15.9 Å². The van der Waals surface area contributed by atoms with Crippen molar-refractivity contribution in [1.29, 1.82) is 0 Å².